The lowest BCUT2D eigenvalue weighted by molar-refractivity contribution is 0.215. The molecule has 0 radical (unpaired) electrons. The van der Waals surface area contributed by atoms with Crippen LogP contribution in [0.15, 0.2) is 29.4 Å². The van der Waals surface area contributed by atoms with Crippen LogP contribution >= 0.6 is 0 Å². The Morgan fingerprint density at radius 3 is 2.58 bits per heavy atom. The largest absolute Gasteiger partial charge is 0.399 e. The first-order valence-electron chi connectivity index (χ1n) is 3.72. The molecule has 0 aliphatic rings. The van der Waals surface area contributed by atoms with Crippen molar-refractivity contribution < 1.29 is 4.84 Å². The van der Waals surface area contributed by atoms with Crippen LogP contribution in [0.2, 0.25) is 0 Å². The van der Waals surface area contributed by atoms with E-state index in [1.807, 2.05) is 24.3 Å². The first kappa shape index (κ1) is 8.74. The van der Waals surface area contributed by atoms with E-state index in [0.717, 1.165) is 11.1 Å². The molecule has 0 atom stereocenters. The van der Waals surface area contributed by atoms with Gasteiger partial charge in [0.25, 0.3) is 0 Å². The number of nitrogens with two attached hydrogens (primary N) is 1. The Balaban J connectivity index is 2.71. The topological polar surface area (TPSA) is 47.6 Å². The van der Waals surface area contributed by atoms with Gasteiger partial charge < -0.3 is 10.6 Å². The Kier molecular flexibility index (Phi) is 3.29. The molecule has 0 aliphatic heterocycles. The third kappa shape index (κ3) is 2.36. The lowest BCUT2D eigenvalue weighted by Crippen LogP contribution is -1.95. The van der Waals surface area contributed by atoms with Gasteiger partial charge in [-0.05, 0) is 11.1 Å². The van der Waals surface area contributed by atoms with Gasteiger partial charge in [-0.2, -0.15) is 0 Å². The number of rotatable bonds is 3. The van der Waals surface area contributed by atoms with E-state index >= 15 is 0 Å². The molecule has 1 aromatic carbocycles. The van der Waals surface area contributed by atoms with Gasteiger partial charge in [-0.15, -0.1) is 0 Å². The predicted molar refractivity (Wildman–Crippen MR) is 48.9 cm³/mol. The molecule has 0 amide bonds. The van der Waals surface area contributed by atoms with E-state index in [1.165, 1.54) is 7.11 Å². The van der Waals surface area contributed by atoms with Crippen molar-refractivity contribution in [1.82, 2.24) is 0 Å². The number of nitrogens with zero attached hydrogens (tertiary/aromatic N) is 1. The zero-order valence-electron chi connectivity index (χ0n) is 7.03. The molecule has 0 spiro atoms. The highest BCUT2D eigenvalue weighted by Crippen LogP contribution is 2.00. The molecule has 0 saturated carbocycles. The maximum absolute atomic E-state index is 5.44. The molecular formula is C9H12N2O. The lowest BCUT2D eigenvalue weighted by atomic mass is 10.1. The quantitative estimate of drug-likeness (QED) is 0.537. The van der Waals surface area contributed by atoms with E-state index in [2.05, 4.69) is 9.99 Å². The van der Waals surface area contributed by atoms with Gasteiger partial charge in [0.15, 0.2) is 0 Å². The molecule has 0 saturated heterocycles. The van der Waals surface area contributed by atoms with E-state index in [-0.39, 0.29) is 0 Å². The summed E-state index contributed by atoms with van der Waals surface area (Å²) in [5.74, 6) is 0. The lowest BCUT2D eigenvalue weighted by Gasteiger charge is -1.95. The second-order valence-electron chi connectivity index (χ2n) is 2.36. The van der Waals surface area contributed by atoms with Gasteiger partial charge in [-0.1, -0.05) is 29.4 Å². The normalized spacial score (nSPS) is 10.5. The molecule has 0 aromatic heterocycles. The van der Waals surface area contributed by atoms with Gasteiger partial charge in [-0.25, -0.2) is 0 Å². The van der Waals surface area contributed by atoms with E-state index in [4.69, 9.17) is 5.73 Å². The highest BCUT2D eigenvalue weighted by molar-refractivity contribution is 5.79. The van der Waals surface area contributed by atoms with Gasteiger partial charge in [0, 0.05) is 6.54 Å². The van der Waals surface area contributed by atoms with E-state index in [1.54, 1.807) is 6.21 Å². The molecule has 12 heavy (non-hydrogen) atoms. The second-order valence-corrected chi connectivity index (χ2v) is 2.36. The van der Waals surface area contributed by atoms with Gasteiger partial charge >= 0.3 is 0 Å². The number of oxime groups is 1. The molecule has 2 N–H and O–H groups in total. The Morgan fingerprint density at radius 1 is 1.42 bits per heavy atom. The van der Waals surface area contributed by atoms with Gasteiger partial charge in [-0.3, -0.25) is 0 Å². The van der Waals surface area contributed by atoms with Crippen molar-refractivity contribution in [3.63, 3.8) is 0 Å². The fraction of sp³-hybridized carbons (Fsp3) is 0.222. The summed E-state index contributed by atoms with van der Waals surface area (Å²) < 4.78 is 0. The summed E-state index contributed by atoms with van der Waals surface area (Å²) in [5.41, 5.74) is 7.57. The van der Waals surface area contributed by atoms with Gasteiger partial charge in [0.05, 0.1) is 6.21 Å². The molecule has 0 heterocycles. The van der Waals surface area contributed by atoms with Crippen molar-refractivity contribution >= 4 is 6.21 Å². The van der Waals surface area contributed by atoms with E-state index < -0.39 is 0 Å². The average molecular weight is 164 g/mol. The van der Waals surface area contributed by atoms with Crippen molar-refractivity contribution in [2.45, 2.75) is 6.54 Å². The van der Waals surface area contributed by atoms with Crippen LogP contribution in [0.3, 0.4) is 0 Å². The Labute approximate surface area is 71.8 Å². The minimum Gasteiger partial charge on any atom is -0.399 e. The minimum absolute atomic E-state index is 0.571. The van der Waals surface area contributed by atoms with Crippen molar-refractivity contribution in [1.29, 1.82) is 0 Å². The second kappa shape index (κ2) is 4.51. The molecule has 0 bridgehead atoms. The number of benzene rings is 1. The smallest absolute Gasteiger partial charge is 0.106 e. The van der Waals surface area contributed by atoms with Crippen LogP contribution in [0.1, 0.15) is 11.1 Å². The molecule has 1 rings (SSSR count). The summed E-state index contributed by atoms with van der Waals surface area (Å²) in [4.78, 5) is 4.55. The standard InChI is InChI=1S/C9H12N2O/c1-12-11-7-9-4-2-8(6-10)3-5-9/h2-5,7H,6,10H2,1H3. The third-order valence-corrected chi connectivity index (χ3v) is 1.52. The minimum atomic E-state index is 0.571. The molecule has 0 aliphatic carbocycles. The van der Waals surface area contributed by atoms with Crippen molar-refractivity contribution in [3.8, 4) is 0 Å². The van der Waals surface area contributed by atoms with Crippen LogP contribution < -0.4 is 5.73 Å². The predicted octanol–water partition coefficient (Wildman–Crippen LogP) is 1.13. The van der Waals surface area contributed by atoms with Gasteiger partial charge in [0.2, 0.25) is 0 Å². The van der Waals surface area contributed by atoms with Crippen molar-refractivity contribution in [3.05, 3.63) is 35.4 Å². The molecule has 0 unspecified atom stereocenters. The van der Waals surface area contributed by atoms with Gasteiger partial charge in [0.1, 0.15) is 7.11 Å². The molecule has 3 nitrogen and oxygen atoms in total. The maximum Gasteiger partial charge on any atom is 0.106 e. The fourth-order valence-corrected chi connectivity index (χ4v) is 0.853. The number of hydrogen-bond acceptors (Lipinski definition) is 3. The third-order valence-electron chi connectivity index (χ3n) is 1.52. The Morgan fingerprint density at radius 2 is 2.08 bits per heavy atom. The van der Waals surface area contributed by atoms with Crippen molar-refractivity contribution in [2.75, 3.05) is 7.11 Å². The highest BCUT2D eigenvalue weighted by Gasteiger charge is 1.88. The summed E-state index contributed by atoms with van der Waals surface area (Å²) in [6.07, 6.45) is 1.65. The molecule has 64 valence electrons. The summed E-state index contributed by atoms with van der Waals surface area (Å²) >= 11 is 0. The van der Waals surface area contributed by atoms with Crippen LogP contribution in [0.25, 0.3) is 0 Å². The molecule has 0 fully saturated rings. The van der Waals surface area contributed by atoms with Crippen LogP contribution in [-0.4, -0.2) is 13.3 Å². The summed E-state index contributed by atoms with van der Waals surface area (Å²) in [5, 5.41) is 3.64. The highest BCUT2D eigenvalue weighted by atomic mass is 16.6. The molecule has 1 aromatic rings. The molecular weight excluding hydrogens is 152 g/mol. The Bertz CT molecular complexity index is 254. The average Bonchev–Trinajstić information content (AvgIpc) is 2.15. The van der Waals surface area contributed by atoms with Crippen LogP contribution in [0.4, 0.5) is 0 Å². The molecule has 3 heteroatoms. The first-order valence-corrected chi connectivity index (χ1v) is 3.72. The number of hydrogen-bond donors (Lipinski definition) is 1. The summed E-state index contributed by atoms with van der Waals surface area (Å²) in [7, 11) is 1.52. The monoisotopic (exact) mass is 164 g/mol. The van der Waals surface area contributed by atoms with Crippen LogP contribution in [0, 0.1) is 0 Å². The summed E-state index contributed by atoms with van der Waals surface area (Å²) in [6, 6.07) is 7.84. The maximum atomic E-state index is 5.44. The van der Waals surface area contributed by atoms with Crippen LogP contribution in [-0.2, 0) is 11.4 Å². The summed E-state index contributed by atoms with van der Waals surface area (Å²) in [6.45, 7) is 0.571. The Hall–Kier alpha value is -1.35. The first-order chi connectivity index (χ1) is 5.86. The van der Waals surface area contributed by atoms with Crippen molar-refractivity contribution in [2.24, 2.45) is 10.9 Å². The zero-order chi connectivity index (χ0) is 8.81. The van der Waals surface area contributed by atoms with Crippen LogP contribution in [0.5, 0.6) is 0 Å². The van der Waals surface area contributed by atoms with E-state index in [0.29, 0.717) is 6.54 Å². The van der Waals surface area contributed by atoms with E-state index in [9.17, 15) is 0 Å². The SMILES string of the molecule is CON=Cc1ccc(CN)cc1. The fourth-order valence-electron chi connectivity index (χ4n) is 0.853. The zero-order valence-corrected chi connectivity index (χ0v) is 7.03.